The number of hydrogen-bond acceptors (Lipinski definition) is 4. The first kappa shape index (κ1) is 19.0. The number of methoxy groups -OCH3 is 2. The van der Waals surface area contributed by atoms with Crippen LogP contribution in [0.1, 0.15) is 31.4 Å². The maximum atomic E-state index is 13.3. The summed E-state index contributed by atoms with van der Waals surface area (Å²) in [6, 6.07) is 11.4. The van der Waals surface area contributed by atoms with Crippen molar-refractivity contribution in [3.63, 3.8) is 0 Å². The highest BCUT2D eigenvalue weighted by molar-refractivity contribution is 5.81. The van der Waals surface area contributed by atoms with Crippen LogP contribution in [-0.2, 0) is 4.79 Å². The second kappa shape index (κ2) is 8.29. The molecule has 1 aliphatic heterocycles. The molecule has 27 heavy (non-hydrogen) atoms. The van der Waals surface area contributed by atoms with Crippen LogP contribution in [0.4, 0.5) is 4.39 Å². The molecule has 1 amide bonds. The minimum absolute atomic E-state index is 0.0862. The van der Waals surface area contributed by atoms with E-state index in [0.717, 1.165) is 18.4 Å². The van der Waals surface area contributed by atoms with Crippen molar-refractivity contribution in [3.8, 4) is 17.2 Å². The van der Waals surface area contributed by atoms with Gasteiger partial charge in [0.15, 0.2) is 6.10 Å². The Bertz CT molecular complexity index is 811. The average molecular weight is 373 g/mol. The van der Waals surface area contributed by atoms with E-state index in [-0.39, 0.29) is 11.9 Å². The number of carbonyl (C=O) groups excluding carboxylic acids is 1. The van der Waals surface area contributed by atoms with E-state index in [1.807, 2.05) is 23.1 Å². The SMILES string of the molecule is COc1ccc([C@@H]2CCCN2C(=O)[C@H](C)Oc2cccc(F)c2)c(OC)c1. The fourth-order valence-corrected chi connectivity index (χ4v) is 3.48. The molecule has 0 unspecified atom stereocenters. The molecule has 3 rings (SSSR count). The van der Waals surface area contributed by atoms with E-state index in [2.05, 4.69) is 0 Å². The summed E-state index contributed by atoms with van der Waals surface area (Å²) in [4.78, 5) is 14.8. The van der Waals surface area contributed by atoms with Gasteiger partial charge in [0, 0.05) is 24.2 Å². The van der Waals surface area contributed by atoms with Crippen LogP contribution in [-0.4, -0.2) is 37.7 Å². The van der Waals surface area contributed by atoms with Crippen LogP contribution in [0.25, 0.3) is 0 Å². The third-order valence-electron chi connectivity index (χ3n) is 4.79. The molecule has 1 aliphatic rings. The third-order valence-corrected chi connectivity index (χ3v) is 4.79. The fraction of sp³-hybridized carbons (Fsp3) is 0.381. The summed E-state index contributed by atoms with van der Waals surface area (Å²) < 4.78 is 29.8. The van der Waals surface area contributed by atoms with Gasteiger partial charge >= 0.3 is 0 Å². The van der Waals surface area contributed by atoms with Crippen molar-refractivity contribution in [2.24, 2.45) is 0 Å². The molecule has 2 aromatic rings. The molecule has 0 bridgehead atoms. The molecule has 6 heteroatoms. The maximum Gasteiger partial charge on any atom is 0.263 e. The van der Waals surface area contributed by atoms with Gasteiger partial charge in [-0.15, -0.1) is 0 Å². The fourth-order valence-electron chi connectivity index (χ4n) is 3.48. The number of benzene rings is 2. The number of carbonyl (C=O) groups is 1. The van der Waals surface area contributed by atoms with E-state index in [0.29, 0.717) is 23.8 Å². The Kier molecular flexibility index (Phi) is 5.84. The van der Waals surface area contributed by atoms with Crippen molar-refractivity contribution >= 4 is 5.91 Å². The van der Waals surface area contributed by atoms with Gasteiger partial charge in [-0.1, -0.05) is 6.07 Å². The minimum atomic E-state index is -0.711. The monoisotopic (exact) mass is 373 g/mol. The van der Waals surface area contributed by atoms with E-state index in [1.54, 1.807) is 33.3 Å². The zero-order valence-corrected chi connectivity index (χ0v) is 15.8. The van der Waals surface area contributed by atoms with Crippen LogP contribution in [0, 0.1) is 5.82 Å². The van der Waals surface area contributed by atoms with Crippen LogP contribution in [0.15, 0.2) is 42.5 Å². The summed E-state index contributed by atoms with van der Waals surface area (Å²) in [6.07, 6.45) is 1.04. The highest BCUT2D eigenvalue weighted by Crippen LogP contribution is 2.39. The Hall–Kier alpha value is -2.76. The van der Waals surface area contributed by atoms with Crippen molar-refractivity contribution < 1.29 is 23.4 Å². The molecule has 1 saturated heterocycles. The average Bonchev–Trinajstić information content (AvgIpc) is 3.16. The molecule has 0 aromatic heterocycles. The van der Waals surface area contributed by atoms with E-state index < -0.39 is 11.9 Å². The summed E-state index contributed by atoms with van der Waals surface area (Å²) in [6.45, 7) is 2.34. The van der Waals surface area contributed by atoms with Crippen molar-refractivity contribution in [1.29, 1.82) is 0 Å². The standard InChI is InChI=1S/C21H24FNO4/c1-14(27-17-7-4-6-15(22)12-17)21(24)23-11-5-8-19(23)18-10-9-16(25-2)13-20(18)26-3/h4,6-7,9-10,12-14,19H,5,8,11H2,1-3H3/t14-,19-/m0/s1. The molecule has 2 aromatic carbocycles. The molecule has 0 spiro atoms. The number of ether oxygens (including phenoxy) is 3. The highest BCUT2D eigenvalue weighted by Gasteiger charge is 2.34. The molecule has 5 nitrogen and oxygen atoms in total. The van der Waals surface area contributed by atoms with Crippen LogP contribution in [0.3, 0.4) is 0 Å². The summed E-state index contributed by atoms with van der Waals surface area (Å²) in [7, 11) is 3.21. The summed E-state index contributed by atoms with van der Waals surface area (Å²) in [5, 5.41) is 0. The van der Waals surface area contributed by atoms with E-state index in [9.17, 15) is 9.18 Å². The Morgan fingerprint density at radius 1 is 1.15 bits per heavy atom. The van der Waals surface area contributed by atoms with Gasteiger partial charge in [-0.25, -0.2) is 4.39 Å². The number of amides is 1. The Balaban J connectivity index is 1.78. The summed E-state index contributed by atoms with van der Waals surface area (Å²) in [5.41, 5.74) is 0.946. The molecule has 0 saturated carbocycles. The number of hydrogen-bond donors (Lipinski definition) is 0. The first-order chi connectivity index (χ1) is 13.0. The normalized spacial score (nSPS) is 17.5. The van der Waals surface area contributed by atoms with Crippen molar-refractivity contribution in [2.45, 2.75) is 31.9 Å². The molecule has 2 atom stereocenters. The van der Waals surface area contributed by atoms with Gasteiger partial charge in [-0.2, -0.15) is 0 Å². The second-order valence-corrected chi connectivity index (χ2v) is 6.51. The van der Waals surface area contributed by atoms with Crippen molar-refractivity contribution in [1.82, 2.24) is 4.90 Å². The first-order valence-corrected chi connectivity index (χ1v) is 8.98. The zero-order chi connectivity index (χ0) is 19.4. The lowest BCUT2D eigenvalue weighted by Gasteiger charge is -2.29. The van der Waals surface area contributed by atoms with Crippen molar-refractivity contribution in [2.75, 3.05) is 20.8 Å². The lowest BCUT2D eigenvalue weighted by Crippen LogP contribution is -2.40. The minimum Gasteiger partial charge on any atom is -0.497 e. The van der Waals surface area contributed by atoms with Gasteiger partial charge in [0.25, 0.3) is 5.91 Å². The van der Waals surface area contributed by atoms with Gasteiger partial charge in [-0.3, -0.25) is 4.79 Å². The van der Waals surface area contributed by atoms with Gasteiger partial charge in [-0.05, 0) is 44.0 Å². The lowest BCUT2D eigenvalue weighted by molar-refractivity contribution is -0.139. The van der Waals surface area contributed by atoms with E-state index >= 15 is 0 Å². The second-order valence-electron chi connectivity index (χ2n) is 6.51. The number of halogens is 1. The lowest BCUT2D eigenvalue weighted by atomic mass is 10.0. The Morgan fingerprint density at radius 2 is 1.96 bits per heavy atom. The smallest absolute Gasteiger partial charge is 0.263 e. The molecule has 1 fully saturated rings. The van der Waals surface area contributed by atoms with Gasteiger partial charge < -0.3 is 19.1 Å². The number of nitrogens with zero attached hydrogens (tertiary/aromatic N) is 1. The first-order valence-electron chi connectivity index (χ1n) is 8.98. The summed E-state index contributed by atoms with van der Waals surface area (Å²) in [5.74, 6) is 1.22. The molecule has 0 aliphatic carbocycles. The van der Waals surface area contributed by atoms with Gasteiger partial charge in [0.1, 0.15) is 23.1 Å². The third kappa shape index (κ3) is 4.15. The Labute approximate surface area is 158 Å². The van der Waals surface area contributed by atoms with Crippen LogP contribution < -0.4 is 14.2 Å². The van der Waals surface area contributed by atoms with Crippen molar-refractivity contribution in [3.05, 3.63) is 53.8 Å². The van der Waals surface area contributed by atoms with E-state index in [4.69, 9.17) is 14.2 Å². The largest absolute Gasteiger partial charge is 0.497 e. The zero-order valence-electron chi connectivity index (χ0n) is 15.8. The molecule has 0 radical (unpaired) electrons. The Morgan fingerprint density at radius 3 is 2.67 bits per heavy atom. The van der Waals surface area contributed by atoms with Crippen LogP contribution in [0.2, 0.25) is 0 Å². The predicted molar refractivity (Wildman–Crippen MR) is 99.7 cm³/mol. The predicted octanol–water partition coefficient (Wildman–Crippen LogP) is 3.97. The van der Waals surface area contributed by atoms with Gasteiger partial charge in [0.2, 0.25) is 0 Å². The number of likely N-dealkylation sites (tertiary alicyclic amines) is 1. The topological polar surface area (TPSA) is 48.0 Å². The maximum absolute atomic E-state index is 13.3. The summed E-state index contributed by atoms with van der Waals surface area (Å²) >= 11 is 0. The molecular weight excluding hydrogens is 349 g/mol. The van der Waals surface area contributed by atoms with Gasteiger partial charge in [0.05, 0.1) is 20.3 Å². The van der Waals surface area contributed by atoms with E-state index in [1.165, 1.54) is 12.1 Å². The molecular formula is C21H24FNO4. The van der Waals surface area contributed by atoms with Crippen LogP contribution in [0.5, 0.6) is 17.2 Å². The van der Waals surface area contributed by atoms with Crippen LogP contribution >= 0.6 is 0 Å². The molecule has 144 valence electrons. The molecule has 0 N–H and O–H groups in total. The quantitative estimate of drug-likeness (QED) is 0.769. The molecule has 1 heterocycles. The highest BCUT2D eigenvalue weighted by atomic mass is 19.1. The number of rotatable bonds is 6.